The molecule has 0 atom stereocenters. The van der Waals surface area contributed by atoms with Crippen LogP contribution in [-0.4, -0.2) is 4.40 Å². The Kier molecular flexibility index (Phi) is 3.56. The van der Waals surface area contributed by atoms with Gasteiger partial charge in [-0.25, -0.2) is 4.57 Å². The zero-order valence-corrected chi connectivity index (χ0v) is 19.7. The van der Waals surface area contributed by atoms with Gasteiger partial charge >= 0.3 is 0 Å². The van der Waals surface area contributed by atoms with Gasteiger partial charge in [0.2, 0.25) is 0 Å². The molecule has 2 aromatic heterocycles. The minimum absolute atomic E-state index is 1.24. The molecule has 6 aromatic carbocycles. The summed E-state index contributed by atoms with van der Waals surface area (Å²) in [5.74, 6) is 0. The van der Waals surface area contributed by atoms with Gasteiger partial charge in [0.25, 0.3) is 5.65 Å². The van der Waals surface area contributed by atoms with E-state index in [0.29, 0.717) is 0 Å². The maximum Gasteiger partial charge on any atom is 0.295 e. The van der Waals surface area contributed by atoms with E-state index in [1.54, 1.807) is 0 Å². The van der Waals surface area contributed by atoms with E-state index in [0.717, 1.165) is 0 Å². The average molecular weight is 448 g/mol. The number of hydrogen-bond donors (Lipinski definition) is 0. The zero-order chi connectivity index (χ0) is 23.3. The van der Waals surface area contributed by atoms with E-state index in [1.807, 2.05) is 0 Å². The highest BCUT2D eigenvalue weighted by Crippen LogP contribution is 2.40. The van der Waals surface area contributed by atoms with Crippen LogP contribution in [0.5, 0.6) is 0 Å². The molecule has 0 saturated carbocycles. The van der Waals surface area contributed by atoms with Crippen molar-refractivity contribution in [3.05, 3.63) is 109 Å². The third-order valence-corrected chi connectivity index (χ3v) is 7.90. The lowest BCUT2D eigenvalue weighted by molar-refractivity contribution is -0.617. The third kappa shape index (κ3) is 2.31. The first-order valence-electron chi connectivity index (χ1n) is 12.2. The molecule has 35 heavy (non-hydrogen) atoms. The van der Waals surface area contributed by atoms with Gasteiger partial charge in [-0.2, -0.15) is 4.40 Å². The lowest BCUT2D eigenvalue weighted by Gasteiger charge is -2.13. The first-order valence-corrected chi connectivity index (χ1v) is 12.2. The first-order chi connectivity index (χ1) is 17.2. The van der Waals surface area contributed by atoms with Crippen LogP contribution in [0.1, 0.15) is 5.56 Å². The molecule has 0 spiro atoms. The summed E-state index contributed by atoms with van der Waals surface area (Å²) in [6, 6.07) is 38.0. The molecule has 2 heteroatoms. The maximum absolute atomic E-state index is 2.48. The van der Waals surface area contributed by atoms with Crippen molar-refractivity contribution in [1.82, 2.24) is 4.40 Å². The Balaban J connectivity index is 1.77. The number of nitrogens with zero attached hydrogens (tertiary/aromatic N) is 2. The molecule has 164 valence electrons. The summed E-state index contributed by atoms with van der Waals surface area (Å²) in [7, 11) is 2.19. The minimum Gasteiger partial charge on any atom is -0.225 e. The summed E-state index contributed by atoms with van der Waals surface area (Å²) in [5, 5.41) is 11.8. The molecule has 0 saturated heterocycles. The first kappa shape index (κ1) is 18.9. The van der Waals surface area contributed by atoms with Crippen LogP contribution in [0, 0.1) is 6.92 Å². The van der Waals surface area contributed by atoms with Crippen molar-refractivity contribution in [3.8, 4) is 0 Å². The monoisotopic (exact) mass is 447 g/mol. The van der Waals surface area contributed by atoms with Crippen molar-refractivity contribution in [2.45, 2.75) is 6.92 Å². The Morgan fingerprint density at radius 3 is 1.80 bits per heavy atom. The topological polar surface area (TPSA) is 8.29 Å². The van der Waals surface area contributed by atoms with Gasteiger partial charge in [-0.15, -0.1) is 0 Å². The number of pyridine rings is 1. The Morgan fingerprint density at radius 2 is 1.09 bits per heavy atom. The summed E-state index contributed by atoms with van der Waals surface area (Å²) in [6.45, 7) is 2.23. The van der Waals surface area contributed by atoms with Gasteiger partial charge in [0.1, 0.15) is 5.52 Å². The molecular weight excluding hydrogens is 424 g/mol. The molecule has 0 fully saturated rings. The van der Waals surface area contributed by atoms with Gasteiger partial charge in [-0.1, -0.05) is 78.9 Å². The van der Waals surface area contributed by atoms with E-state index < -0.39 is 0 Å². The summed E-state index contributed by atoms with van der Waals surface area (Å²) < 4.78 is 4.83. The second-order valence-electron chi connectivity index (χ2n) is 9.71. The third-order valence-electron chi connectivity index (χ3n) is 7.90. The van der Waals surface area contributed by atoms with E-state index in [1.165, 1.54) is 76.2 Å². The van der Waals surface area contributed by atoms with Crippen LogP contribution in [0.2, 0.25) is 0 Å². The standard InChI is InChI=1S/C33H23N2/c1-20-10-9-15-25-28-18-26-23-13-5-3-11-21(23)22-12-4-6-14-24(22)27(26)19-31(28)35-30-17-8-7-16-29(30)34(2)33(35)32(20)25/h3-19H,1-2H3/q+1. The molecule has 0 bridgehead atoms. The van der Waals surface area contributed by atoms with Crippen molar-refractivity contribution in [2.24, 2.45) is 7.05 Å². The molecule has 0 radical (unpaired) electrons. The largest absolute Gasteiger partial charge is 0.295 e. The van der Waals surface area contributed by atoms with Gasteiger partial charge in [0, 0.05) is 10.8 Å². The van der Waals surface area contributed by atoms with E-state index in [9.17, 15) is 0 Å². The minimum atomic E-state index is 1.24. The summed E-state index contributed by atoms with van der Waals surface area (Å²) in [4.78, 5) is 0. The molecule has 0 aliphatic carbocycles. The highest BCUT2D eigenvalue weighted by atomic mass is 15.1. The van der Waals surface area contributed by atoms with Gasteiger partial charge in [-0.05, 0) is 69.1 Å². The smallest absolute Gasteiger partial charge is 0.225 e. The molecule has 2 nitrogen and oxygen atoms in total. The fraction of sp³-hybridized carbons (Fsp3) is 0.0606. The number of imidazole rings is 1. The van der Waals surface area contributed by atoms with Crippen LogP contribution in [0.4, 0.5) is 0 Å². The number of aryl methyl sites for hydroxylation is 2. The Bertz CT molecular complexity index is 2180. The van der Waals surface area contributed by atoms with Crippen LogP contribution in [0.15, 0.2) is 103 Å². The summed E-state index contributed by atoms with van der Waals surface area (Å²) >= 11 is 0. The maximum atomic E-state index is 2.48. The number of benzene rings is 6. The average Bonchev–Trinajstić information content (AvgIpc) is 3.21. The molecular formula is C33H23N2+. The lowest BCUT2D eigenvalue weighted by atomic mass is 9.92. The Hall–Kier alpha value is -4.43. The van der Waals surface area contributed by atoms with Crippen LogP contribution < -0.4 is 4.57 Å². The van der Waals surface area contributed by atoms with Gasteiger partial charge in [0.05, 0.1) is 12.4 Å². The quantitative estimate of drug-likeness (QED) is 0.126. The molecule has 0 aliphatic heterocycles. The fourth-order valence-corrected chi connectivity index (χ4v) is 6.37. The molecule has 0 amide bonds. The molecule has 0 unspecified atom stereocenters. The summed E-state index contributed by atoms with van der Waals surface area (Å²) in [5.41, 5.74) is 6.29. The molecule has 0 N–H and O–H groups in total. The number of rotatable bonds is 0. The van der Waals surface area contributed by atoms with Crippen molar-refractivity contribution < 1.29 is 4.57 Å². The van der Waals surface area contributed by atoms with Crippen molar-refractivity contribution in [3.63, 3.8) is 0 Å². The highest BCUT2D eigenvalue weighted by molar-refractivity contribution is 6.29. The second-order valence-corrected chi connectivity index (χ2v) is 9.71. The molecule has 2 heterocycles. The van der Waals surface area contributed by atoms with Crippen LogP contribution in [-0.2, 0) is 7.05 Å². The van der Waals surface area contributed by atoms with E-state index in [2.05, 4.69) is 126 Å². The van der Waals surface area contributed by atoms with E-state index >= 15 is 0 Å². The highest BCUT2D eigenvalue weighted by Gasteiger charge is 2.24. The lowest BCUT2D eigenvalue weighted by Crippen LogP contribution is -2.27. The summed E-state index contributed by atoms with van der Waals surface area (Å²) in [6.07, 6.45) is 0. The second kappa shape index (κ2) is 6.58. The predicted molar refractivity (Wildman–Crippen MR) is 148 cm³/mol. The number of para-hydroxylation sites is 2. The Morgan fingerprint density at radius 1 is 0.514 bits per heavy atom. The van der Waals surface area contributed by atoms with Crippen LogP contribution in [0.25, 0.3) is 70.7 Å². The molecule has 8 rings (SSSR count). The van der Waals surface area contributed by atoms with E-state index in [-0.39, 0.29) is 0 Å². The van der Waals surface area contributed by atoms with Gasteiger partial charge in [-0.3, -0.25) is 0 Å². The normalized spacial score (nSPS) is 12.3. The molecule has 8 aromatic rings. The Labute approximate surface area is 202 Å². The van der Waals surface area contributed by atoms with E-state index in [4.69, 9.17) is 0 Å². The van der Waals surface area contributed by atoms with Crippen LogP contribution >= 0.6 is 0 Å². The van der Waals surface area contributed by atoms with Crippen molar-refractivity contribution in [2.75, 3.05) is 0 Å². The van der Waals surface area contributed by atoms with Gasteiger partial charge < -0.3 is 0 Å². The van der Waals surface area contributed by atoms with Crippen molar-refractivity contribution in [1.29, 1.82) is 0 Å². The fourth-order valence-electron chi connectivity index (χ4n) is 6.37. The SMILES string of the molecule is Cc1cccc2c3cc4c5ccccc5c5ccccc5c4cc3n3c4ccccc4[n+](C)c3c12. The molecule has 0 aliphatic rings. The predicted octanol–water partition coefficient (Wildman–Crippen LogP) is 7.99. The van der Waals surface area contributed by atoms with Gasteiger partial charge in [0.15, 0.2) is 11.0 Å². The number of aromatic nitrogens is 2. The number of fused-ring (bicyclic) bond motifs is 14. The van der Waals surface area contributed by atoms with Crippen LogP contribution in [0.3, 0.4) is 0 Å². The van der Waals surface area contributed by atoms with Crippen molar-refractivity contribution >= 4 is 70.7 Å². The zero-order valence-electron chi connectivity index (χ0n) is 19.7. The number of hydrogen-bond acceptors (Lipinski definition) is 0.